The zero-order valence-corrected chi connectivity index (χ0v) is 29.2. The average Bonchev–Trinajstić information content (AvgIpc) is 3.85. The van der Waals surface area contributed by atoms with Gasteiger partial charge in [0.25, 0.3) is 0 Å². The van der Waals surface area contributed by atoms with Gasteiger partial charge >= 0.3 is 0 Å². The van der Waals surface area contributed by atoms with Crippen molar-refractivity contribution in [1.82, 2.24) is 9.97 Å². The van der Waals surface area contributed by atoms with Crippen molar-refractivity contribution in [3.8, 4) is 22.5 Å². The molecule has 250 valence electrons. The molecule has 4 heterocycles. The highest BCUT2D eigenvalue weighted by atomic mass is 32.1. The predicted octanol–water partition coefficient (Wildman–Crippen LogP) is 7.65. The molecule has 2 saturated heterocycles. The van der Waals surface area contributed by atoms with Crippen molar-refractivity contribution in [1.29, 1.82) is 0 Å². The zero-order valence-electron chi connectivity index (χ0n) is 27.5. The van der Waals surface area contributed by atoms with Crippen LogP contribution in [0.15, 0.2) is 121 Å². The minimum Gasteiger partial charge on any atom is -0.368 e. The number of thiazole rings is 2. The first-order valence-electron chi connectivity index (χ1n) is 16.9. The highest BCUT2D eigenvalue weighted by Gasteiger charge is 2.33. The molecule has 2 aromatic heterocycles. The lowest BCUT2D eigenvalue weighted by molar-refractivity contribution is 0.0822. The highest BCUT2D eigenvalue weighted by molar-refractivity contribution is 7.21. The number of piperazine rings is 2. The van der Waals surface area contributed by atoms with Crippen LogP contribution in [-0.2, 0) is 0 Å². The van der Waals surface area contributed by atoms with Crippen molar-refractivity contribution in [2.45, 2.75) is 0 Å². The maximum absolute atomic E-state index is 14.4. The molecule has 0 saturated carbocycles. The normalized spacial score (nSPS) is 15.0. The van der Waals surface area contributed by atoms with Crippen LogP contribution in [0.3, 0.4) is 0 Å². The first-order chi connectivity index (χ1) is 24.6. The zero-order chi connectivity index (χ0) is 33.9. The quantitative estimate of drug-likeness (QED) is 0.113. The fraction of sp³-hybridized carbons (Fsp3) is 0.200. The Morgan fingerprint density at radius 1 is 0.420 bits per heavy atom. The van der Waals surface area contributed by atoms with Gasteiger partial charge in [0, 0.05) is 74.9 Å². The van der Waals surface area contributed by atoms with Crippen LogP contribution < -0.4 is 19.6 Å². The number of hydrogen-bond acceptors (Lipinski definition) is 10. The minimum atomic E-state index is -0.545. The first kappa shape index (κ1) is 31.9. The summed E-state index contributed by atoms with van der Waals surface area (Å²) in [5.41, 5.74) is 5.15. The number of nitrogens with zero attached hydrogens (tertiary/aromatic N) is 6. The third-order valence-corrected chi connectivity index (χ3v) is 11.5. The Hall–Kier alpha value is -5.32. The van der Waals surface area contributed by atoms with E-state index >= 15 is 0 Å². The monoisotopic (exact) mass is 696 g/mol. The van der Waals surface area contributed by atoms with Crippen LogP contribution in [0.1, 0.15) is 19.3 Å². The van der Waals surface area contributed by atoms with Crippen LogP contribution in [0.2, 0.25) is 0 Å². The second kappa shape index (κ2) is 14.3. The number of Topliss-reactive ketones (excluding diaryl/α,β-unsaturated/α-hetero) is 2. The van der Waals surface area contributed by atoms with E-state index in [1.807, 2.05) is 72.8 Å². The van der Waals surface area contributed by atoms with E-state index in [-0.39, 0.29) is 0 Å². The van der Waals surface area contributed by atoms with Gasteiger partial charge < -0.3 is 19.6 Å². The number of carbonyl (C=O) groups excluding carboxylic acids is 2. The van der Waals surface area contributed by atoms with Gasteiger partial charge in [-0.1, -0.05) is 120 Å². The predicted molar refractivity (Wildman–Crippen MR) is 205 cm³/mol. The van der Waals surface area contributed by atoms with Gasteiger partial charge in [0.15, 0.2) is 10.3 Å². The summed E-state index contributed by atoms with van der Waals surface area (Å²) in [4.78, 5) is 48.8. The molecule has 8 nitrogen and oxygen atoms in total. The molecular formula is C40H36N6O2S2. The van der Waals surface area contributed by atoms with Crippen molar-refractivity contribution in [2.24, 2.45) is 0 Å². The number of ketones is 2. The second-order valence-electron chi connectivity index (χ2n) is 12.4. The maximum Gasteiger partial charge on any atom is 0.246 e. The van der Waals surface area contributed by atoms with E-state index < -0.39 is 11.6 Å². The summed E-state index contributed by atoms with van der Waals surface area (Å²) < 4.78 is 0. The number of anilines is 4. The molecule has 0 amide bonds. The van der Waals surface area contributed by atoms with Crippen LogP contribution in [0.4, 0.5) is 21.6 Å². The first-order valence-corrected chi connectivity index (χ1v) is 18.6. The van der Waals surface area contributed by atoms with Crippen molar-refractivity contribution >= 4 is 55.9 Å². The highest BCUT2D eigenvalue weighted by Crippen LogP contribution is 2.38. The molecule has 2 fully saturated rings. The Morgan fingerprint density at radius 3 is 1.06 bits per heavy atom. The Kier molecular flexibility index (Phi) is 9.11. The topological polar surface area (TPSA) is 72.9 Å². The van der Waals surface area contributed by atoms with Crippen molar-refractivity contribution in [2.75, 3.05) is 72.0 Å². The largest absolute Gasteiger partial charge is 0.368 e. The molecule has 10 heteroatoms. The standard InChI is InChI=1S/C40H36N6O2S2/c47-35(37-33(29-13-5-1-6-14-29)41-39(49-37)45-25-21-43(22-26-45)31-17-9-3-10-18-31)36(48)38-34(30-15-7-2-8-16-30)42-40(50-38)46-27-23-44(24-28-46)32-19-11-4-12-20-32/h1-20H,21-28H2. The molecule has 8 rings (SSSR count). The summed E-state index contributed by atoms with van der Waals surface area (Å²) in [7, 11) is 0. The molecule has 4 aromatic carbocycles. The SMILES string of the molecule is O=C(C(=O)c1sc(N2CCN(c3ccccc3)CC2)nc1-c1ccccc1)c1sc(N2CCN(c3ccccc3)CC2)nc1-c1ccccc1. The molecule has 0 aliphatic carbocycles. The lowest BCUT2D eigenvalue weighted by Gasteiger charge is -2.36. The molecule has 0 N–H and O–H groups in total. The summed E-state index contributed by atoms with van der Waals surface area (Å²) in [5.74, 6) is -1.09. The molecule has 0 unspecified atom stereocenters. The third-order valence-electron chi connectivity index (χ3n) is 9.29. The average molecular weight is 697 g/mol. The van der Waals surface area contributed by atoms with Gasteiger partial charge in [0.2, 0.25) is 11.6 Å². The van der Waals surface area contributed by atoms with Crippen LogP contribution in [0.25, 0.3) is 22.5 Å². The molecular weight excluding hydrogens is 661 g/mol. The second-order valence-corrected chi connectivity index (χ2v) is 14.3. The van der Waals surface area contributed by atoms with Crippen LogP contribution in [0, 0.1) is 0 Å². The minimum absolute atomic E-state index is 0.368. The van der Waals surface area contributed by atoms with Crippen molar-refractivity contribution in [3.05, 3.63) is 131 Å². The molecule has 50 heavy (non-hydrogen) atoms. The maximum atomic E-state index is 14.4. The van der Waals surface area contributed by atoms with Gasteiger partial charge in [-0.3, -0.25) is 9.59 Å². The fourth-order valence-electron chi connectivity index (χ4n) is 6.58. The van der Waals surface area contributed by atoms with Gasteiger partial charge in [-0.15, -0.1) is 0 Å². The Balaban J connectivity index is 1.08. The summed E-state index contributed by atoms with van der Waals surface area (Å²) in [6.45, 7) is 6.45. The number of hydrogen-bond donors (Lipinski definition) is 0. The van der Waals surface area contributed by atoms with Gasteiger partial charge in [-0.05, 0) is 24.3 Å². The summed E-state index contributed by atoms with van der Waals surface area (Å²) in [6, 6.07) is 40.2. The van der Waals surface area contributed by atoms with Gasteiger partial charge in [-0.25, -0.2) is 9.97 Å². The number of rotatable bonds is 9. The fourth-order valence-corrected chi connectivity index (χ4v) is 8.73. The molecule has 0 spiro atoms. The molecule has 0 atom stereocenters. The number of aromatic nitrogens is 2. The Labute approximate surface area is 299 Å². The van der Waals surface area contributed by atoms with E-state index in [0.29, 0.717) is 21.1 Å². The molecule has 6 aromatic rings. The third kappa shape index (κ3) is 6.51. The smallest absolute Gasteiger partial charge is 0.246 e. The van der Waals surface area contributed by atoms with E-state index in [2.05, 4.69) is 68.1 Å². The summed E-state index contributed by atoms with van der Waals surface area (Å²) in [5, 5.41) is 1.52. The van der Waals surface area contributed by atoms with Crippen molar-refractivity contribution < 1.29 is 9.59 Å². The Morgan fingerprint density at radius 2 is 0.720 bits per heavy atom. The van der Waals surface area contributed by atoms with Gasteiger partial charge in [0.1, 0.15) is 9.75 Å². The number of carbonyl (C=O) groups is 2. The van der Waals surface area contributed by atoms with Crippen LogP contribution in [-0.4, -0.2) is 73.9 Å². The number of benzene rings is 4. The summed E-state index contributed by atoms with van der Waals surface area (Å²) >= 11 is 2.64. The molecule has 0 radical (unpaired) electrons. The number of para-hydroxylation sites is 2. The van der Waals surface area contributed by atoms with E-state index in [1.165, 1.54) is 34.0 Å². The lowest BCUT2D eigenvalue weighted by atomic mass is 10.0. The van der Waals surface area contributed by atoms with Gasteiger partial charge in [0.05, 0.1) is 11.4 Å². The molecule has 2 aliphatic heterocycles. The van der Waals surface area contributed by atoms with E-state index in [9.17, 15) is 9.59 Å². The Bertz CT molecular complexity index is 1920. The lowest BCUT2D eigenvalue weighted by Crippen LogP contribution is -2.46. The van der Waals surface area contributed by atoms with E-state index in [4.69, 9.17) is 9.97 Å². The van der Waals surface area contributed by atoms with Crippen LogP contribution >= 0.6 is 22.7 Å². The van der Waals surface area contributed by atoms with Gasteiger partial charge in [-0.2, -0.15) is 0 Å². The van der Waals surface area contributed by atoms with E-state index in [0.717, 1.165) is 73.7 Å². The summed E-state index contributed by atoms with van der Waals surface area (Å²) in [6.07, 6.45) is 0. The van der Waals surface area contributed by atoms with E-state index in [1.54, 1.807) is 0 Å². The van der Waals surface area contributed by atoms with Crippen molar-refractivity contribution in [3.63, 3.8) is 0 Å². The van der Waals surface area contributed by atoms with Crippen LogP contribution in [0.5, 0.6) is 0 Å². The molecule has 2 aliphatic rings. The molecule has 0 bridgehead atoms.